The van der Waals surface area contributed by atoms with E-state index in [0.717, 1.165) is 10.1 Å². The van der Waals surface area contributed by atoms with Crippen LogP contribution in [0.2, 0.25) is 0 Å². The van der Waals surface area contributed by atoms with Crippen LogP contribution in [0, 0.1) is 11.3 Å². The highest BCUT2D eigenvalue weighted by Crippen LogP contribution is 2.39. The number of benzene rings is 1. The minimum absolute atomic E-state index is 0.551. The zero-order valence-electron chi connectivity index (χ0n) is 8.28. The lowest BCUT2D eigenvalue weighted by molar-refractivity contribution is 0.350. The summed E-state index contributed by atoms with van der Waals surface area (Å²) in [5.74, 6) is 0. The quantitative estimate of drug-likeness (QED) is 0.788. The fourth-order valence-electron chi connectivity index (χ4n) is 1.49. The van der Waals surface area contributed by atoms with Gasteiger partial charge in [0.1, 0.15) is 11.6 Å². The van der Waals surface area contributed by atoms with Crippen LogP contribution in [-0.2, 0) is 0 Å². The summed E-state index contributed by atoms with van der Waals surface area (Å²) in [7, 11) is 0. The maximum atomic E-state index is 9.08. The maximum Gasteiger partial charge on any atom is 0.193 e. The number of ether oxygens (including phenoxy) is 1. The molecule has 0 aliphatic heterocycles. The fourth-order valence-corrected chi connectivity index (χ4v) is 2.58. The van der Waals surface area contributed by atoms with E-state index in [2.05, 4.69) is 6.07 Å². The molecule has 2 rings (SSSR count). The van der Waals surface area contributed by atoms with E-state index in [9.17, 15) is 0 Å². The molecule has 0 aliphatic carbocycles. The van der Waals surface area contributed by atoms with E-state index in [-0.39, 0.29) is 0 Å². The predicted molar refractivity (Wildman–Crippen MR) is 62.1 cm³/mol. The summed E-state index contributed by atoms with van der Waals surface area (Å²) in [6.07, 6.45) is 0. The Hall–Kier alpha value is -1.73. The lowest BCUT2D eigenvalue weighted by Crippen LogP contribution is -1.91. The summed E-state index contributed by atoms with van der Waals surface area (Å²) in [4.78, 5) is 0. The van der Waals surface area contributed by atoms with Crippen LogP contribution in [0.5, 0.6) is 5.06 Å². The molecule has 0 aliphatic rings. The molecule has 3 nitrogen and oxygen atoms in total. The molecule has 4 heteroatoms. The van der Waals surface area contributed by atoms with Gasteiger partial charge in [-0.1, -0.05) is 17.4 Å². The van der Waals surface area contributed by atoms with Gasteiger partial charge in [-0.2, -0.15) is 5.26 Å². The van der Waals surface area contributed by atoms with Crippen molar-refractivity contribution in [3.8, 4) is 11.1 Å². The van der Waals surface area contributed by atoms with Crippen molar-refractivity contribution in [1.29, 1.82) is 5.26 Å². The van der Waals surface area contributed by atoms with Crippen LogP contribution in [0.25, 0.3) is 10.1 Å². The van der Waals surface area contributed by atoms with Crippen LogP contribution in [0.1, 0.15) is 12.5 Å². The van der Waals surface area contributed by atoms with Crippen molar-refractivity contribution in [3.05, 3.63) is 23.8 Å². The Labute approximate surface area is 91.7 Å². The Balaban J connectivity index is 2.76. The van der Waals surface area contributed by atoms with Crippen molar-refractivity contribution in [2.45, 2.75) is 6.92 Å². The van der Waals surface area contributed by atoms with Crippen molar-refractivity contribution in [2.75, 3.05) is 12.3 Å². The van der Waals surface area contributed by atoms with Gasteiger partial charge in [0.05, 0.1) is 6.61 Å². The Kier molecular flexibility index (Phi) is 2.48. The Morgan fingerprint density at radius 1 is 1.53 bits per heavy atom. The number of fused-ring (bicyclic) bond motifs is 1. The third kappa shape index (κ3) is 1.51. The highest BCUT2D eigenvalue weighted by atomic mass is 32.1. The Bertz CT molecular complexity index is 539. The van der Waals surface area contributed by atoms with Gasteiger partial charge in [-0.3, -0.25) is 0 Å². The fraction of sp³-hybridized carbons (Fsp3) is 0.182. The summed E-state index contributed by atoms with van der Waals surface area (Å²) in [5, 5.41) is 10.6. The smallest absolute Gasteiger partial charge is 0.193 e. The second-order valence-electron chi connectivity index (χ2n) is 3.03. The van der Waals surface area contributed by atoms with E-state index in [4.69, 9.17) is 15.7 Å². The normalized spacial score (nSPS) is 10.1. The molecular weight excluding hydrogens is 208 g/mol. The predicted octanol–water partition coefficient (Wildman–Crippen LogP) is 2.75. The monoisotopic (exact) mass is 218 g/mol. The van der Waals surface area contributed by atoms with Crippen LogP contribution >= 0.6 is 11.3 Å². The molecule has 0 spiro atoms. The minimum Gasteiger partial charge on any atom is -0.483 e. The number of hydrogen-bond acceptors (Lipinski definition) is 4. The SMILES string of the molecule is CCOc1sc2cccc(N)c2c1C#N. The average Bonchev–Trinajstić information content (AvgIpc) is 2.57. The first-order valence-corrected chi connectivity index (χ1v) is 5.43. The van der Waals surface area contributed by atoms with Crippen molar-refractivity contribution < 1.29 is 4.74 Å². The molecule has 1 heterocycles. The van der Waals surface area contributed by atoms with E-state index in [0.29, 0.717) is 22.9 Å². The van der Waals surface area contributed by atoms with Crippen LogP contribution in [0.3, 0.4) is 0 Å². The lowest BCUT2D eigenvalue weighted by atomic mass is 10.1. The number of rotatable bonds is 2. The Morgan fingerprint density at radius 2 is 2.33 bits per heavy atom. The molecule has 2 N–H and O–H groups in total. The van der Waals surface area contributed by atoms with Gasteiger partial charge in [-0.05, 0) is 19.1 Å². The molecule has 0 unspecified atom stereocenters. The van der Waals surface area contributed by atoms with E-state index in [1.54, 1.807) is 6.07 Å². The second kappa shape index (κ2) is 3.79. The largest absolute Gasteiger partial charge is 0.483 e. The molecule has 0 atom stereocenters. The number of hydrogen-bond donors (Lipinski definition) is 1. The Morgan fingerprint density at radius 3 is 3.00 bits per heavy atom. The number of anilines is 1. The lowest BCUT2D eigenvalue weighted by Gasteiger charge is -1.98. The highest BCUT2D eigenvalue weighted by molar-refractivity contribution is 7.21. The summed E-state index contributed by atoms with van der Waals surface area (Å²) in [6, 6.07) is 7.77. The molecule has 0 radical (unpaired) electrons. The van der Waals surface area contributed by atoms with E-state index >= 15 is 0 Å². The molecule has 0 amide bonds. The topological polar surface area (TPSA) is 59.0 Å². The number of nitrogens with zero attached hydrogens (tertiary/aromatic N) is 1. The molecule has 1 aromatic carbocycles. The summed E-state index contributed by atoms with van der Waals surface area (Å²) in [5.41, 5.74) is 7.02. The van der Waals surface area contributed by atoms with Gasteiger partial charge in [0.25, 0.3) is 0 Å². The molecule has 2 aromatic rings. The molecule has 0 saturated heterocycles. The maximum absolute atomic E-state index is 9.08. The van der Waals surface area contributed by atoms with E-state index < -0.39 is 0 Å². The number of nitrogen functional groups attached to an aromatic ring is 1. The molecule has 76 valence electrons. The van der Waals surface area contributed by atoms with Crippen molar-refractivity contribution in [3.63, 3.8) is 0 Å². The number of nitriles is 1. The first kappa shape index (κ1) is 9.81. The molecule has 15 heavy (non-hydrogen) atoms. The van der Waals surface area contributed by atoms with Gasteiger partial charge >= 0.3 is 0 Å². The van der Waals surface area contributed by atoms with Gasteiger partial charge in [0.2, 0.25) is 0 Å². The van der Waals surface area contributed by atoms with Gasteiger partial charge in [-0.15, -0.1) is 0 Å². The molecular formula is C11H10N2OS. The van der Waals surface area contributed by atoms with E-state index in [1.165, 1.54) is 11.3 Å². The van der Waals surface area contributed by atoms with Crippen LogP contribution in [-0.4, -0.2) is 6.61 Å². The standard InChI is InChI=1S/C11H10N2OS/c1-2-14-11-7(6-12)10-8(13)4-3-5-9(10)15-11/h3-5H,2,13H2,1H3. The van der Waals surface area contributed by atoms with Gasteiger partial charge < -0.3 is 10.5 Å². The van der Waals surface area contributed by atoms with Crippen molar-refractivity contribution >= 4 is 27.1 Å². The third-order valence-corrected chi connectivity index (χ3v) is 3.17. The van der Waals surface area contributed by atoms with Gasteiger partial charge in [0.15, 0.2) is 5.06 Å². The molecule has 1 aromatic heterocycles. The highest BCUT2D eigenvalue weighted by Gasteiger charge is 2.14. The first-order chi connectivity index (χ1) is 7.27. The zero-order chi connectivity index (χ0) is 10.8. The molecule has 0 bridgehead atoms. The second-order valence-corrected chi connectivity index (χ2v) is 4.04. The average molecular weight is 218 g/mol. The number of nitrogens with two attached hydrogens (primary N) is 1. The van der Waals surface area contributed by atoms with Gasteiger partial charge in [0, 0.05) is 15.8 Å². The summed E-state index contributed by atoms with van der Waals surface area (Å²) >= 11 is 1.46. The first-order valence-electron chi connectivity index (χ1n) is 4.61. The summed E-state index contributed by atoms with van der Waals surface area (Å²) in [6.45, 7) is 2.45. The zero-order valence-corrected chi connectivity index (χ0v) is 9.10. The molecule has 0 fully saturated rings. The van der Waals surface area contributed by atoms with Crippen molar-refractivity contribution in [1.82, 2.24) is 0 Å². The third-order valence-electron chi connectivity index (χ3n) is 2.10. The van der Waals surface area contributed by atoms with Crippen LogP contribution < -0.4 is 10.5 Å². The minimum atomic E-state index is 0.551. The summed E-state index contributed by atoms with van der Waals surface area (Å²) < 4.78 is 6.40. The van der Waals surface area contributed by atoms with Crippen LogP contribution in [0.15, 0.2) is 18.2 Å². The van der Waals surface area contributed by atoms with Gasteiger partial charge in [-0.25, -0.2) is 0 Å². The number of thiophene rings is 1. The van der Waals surface area contributed by atoms with Crippen LogP contribution in [0.4, 0.5) is 5.69 Å². The van der Waals surface area contributed by atoms with E-state index in [1.807, 2.05) is 19.1 Å². The molecule has 0 saturated carbocycles. The van der Waals surface area contributed by atoms with Crippen molar-refractivity contribution in [2.24, 2.45) is 0 Å².